The third kappa shape index (κ3) is 3.99. The van der Waals surface area contributed by atoms with Gasteiger partial charge in [-0.2, -0.15) is 0 Å². The van der Waals surface area contributed by atoms with Gasteiger partial charge in [0.1, 0.15) is 5.52 Å². The fourth-order valence-electron chi connectivity index (χ4n) is 2.73. The SMILES string of the molecule is Cc1ccc(C)c(C(=O)C(C)Sc2nc3cc(S(=O)(=O)N(C)C)ccc3o2)c1. The van der Waals surface area contributed by atoms with Crippen molar-refractivity contribution in [2.45, 2.75) is 36.1 Å². The number of carbonyl (C=O) groups excluding carboxylic acids is 1. The lowest BCUT2D eigenvalue weighted by molar-refractivity contribution is 0.0993. The third-order valence-electron chi connectivity index (χ3n) is 4.42. The summed E-state index contributed by atoms with van der Waals surface area (Å²) in [6.07, 6.45) is 0. The largest absolute Gasteiger partial charge is 0.431 e. The van der Waals surface area contributed by atoms with Gasteiger partial charge in [-0.05, 0) is 50.6 Å². The molecule has 0 bridgehead atoms. The number of carbonyl (C=O) groups is 1. The van der Waals surface area contributed by atoms with E-state index >= 15 is 0 Å². The summed E-state index contributed by atoms with van der Waals surface area (Å²) in [6.45, 7) is 5.68. The summed E-state index contributed by atoms with van der Waals surface area (Å²) >= 11 is 1.22. The quantitative estimate of drug-likeness (QED) is 0.444. The van der Waals surface area contributed by atoms with Crippen LogP contribution in [0.1, 0.15) is 28.4 Å². The minimum Gasteiger partial charge on any atom is -0.431 e. The van der Waals surface area contributed by atoms with E-state index in [0.29, 0.717) is 21.9 Å². The van der Waals surface area contributed by atoms with E-state index in [1.54, 1.807) is 6.07 Å². The fraction of sp³-hybridized carbons (Fsp3) is 0.300. The Morgan fingerprint density at radius 3 is 2.54 bits per heavy atom. The van der Waals surface area contributed by atoms with Crippen LogP contribution < -0.4 is 0 Å². The lowest BCUT2D eigenvalue weighted by Gasteiger charge is -2.10. The van der Waals surface area contributed by atoms with Crippen molar-refractivity contribution in [3.8, 4) is 0 Å². The second-order valence-corrected chi connectivity index (χ2v) is 10.3. The number of thioether (sulfide) groups is 1. The van der Waals surface area contributed by atoms with Crippen LogP contribution in [0.5, 0.6) is 0 Å². The topological polar surface area (TPSA) is 80.5 Å². The van der Waals surface area contributed by atoms with Crippen molar-refractivity contribution in [2.75, 3.05) is 14.1 Å². The molecule has 0 spiro atoms. The third-order valence-corrected chi connectivity index (χ3v) is 7.18. The molecule has 1 unspecified atom stereocenters. The van der Waals surface area contributed by atoms with Gasteiger partial charge in [0, 0.05) is 19.7 Å². The van der Waals surface area contributed by atoms with E-state index in [4.69, 9.17) is 4.42 Å². The van der Waals surface area contributed by atoms with Crippen LogP contribution in [0.25, 0.3) is 11.1 Å². The van der Waals surface area contributed by atoms with E-state index in [9.17, 15) is 13.2 Å². The number of ketones is 1. The molecule has 1 aromatic heterocycles. The Morgan fingerprint density at radius 2 is 1.86 bits per heavy atom. The summed E-state index contributed by atoms with van der Waals surface area (Å²) in [5, 5.41) is -0.0564. The highest BCUT2D eigenvalue weighted by atomic mass is 32.2. The van der Waals surface area contributed by atoms with Gasteiger partial charge in [0.25, 0.3) is 5.22 Å². The molecule has 0 aliphatic carbocycles. The zero-order valence-corrected chi connectivity index (χ0v) is 18.0. The smallest absolute Gasteiger partial charge is 0.257 e. The van der Waals surface area contributed by atoms with Gasteiger partial charge in [-0.3, -0.25) is 4.79 Å². The van der Waals surface area contributed by atoms with Crippen LogP contribution in [0, 0.1) is 13.8 Å². The van der Waals surface area contributed by atoms with E-state index < -0.39 is 15.3 Å². The molecule has 28 heavy (non-hydrogen) atoms. The standard InChI is InChI=1S/C20H22N2O4S2/c1-12-6-7-13(2)16(10-12)19(23)14(3)27-20-21-17-11-15(8-9-18(17)26-20)28(24,25)22(4)5/h6-11,14H,1-5H3. The van der Waals surface area contributed by atoms with Gasteiger partial charge >= 0.3 is 0 Å². The maximum atomic E-state index is 12.8. The molecular formula is C20H22N2O4S2. The van der Waals surface area contributed by atoms with E-state index in [1.807, 2.05) is 39.0 Å². The zero-order chi connectivity index (χ0) is 20.6. The number of oxazole rings is 1. The number of sulfonamides is 1. The summed E-state index contributed by atoms with van der Waals surface area (Å²) < 4.78 is 31.4. The molecule has 0 aliphatic rings. The number of rotatable bonds is 6. The van der Waals surface area contributed by atoms with Crippen LogP contribution in [0.15, 0.2) is 50.9 Å². The molecule has 0 radical (unpaired) electrons. The van der Waals surface area contributed by atoms with Crippen molar-refractivity contribution in [3.63, 3.8) is 0 Å². The van der Waals surface area contributed by atoms with Crippen LogP contribution >= 0.6 is 11.8 Å². The second-order valence-electron chi connectivity index (χ2n) is 6.84. The van der Waals surface area contributed by atoms with E-state index in [0.717, 1.165) is 15.4 Å². The Hall–Kier alpha value is -2.16. The van der Waals surface area contributed by atoms with Crippen molar-refractivity contribution in [1.29, 1.82) is 0 Å². The molecule has 0 N–H and O–H groups in total. The van der Waals surface area contributed by atoms with Gasteiger partial charge in [-0.1, -0.05) is 29.5 Å². The highest BCUT2D eigenvalue weighted by Gasteiger charge is 2.22. The molecule has 0 saturated carbocycles. The molecule has 8 heteroatoms. The fourth-order valence-corrected chi connectivity index (χ4v) is 4.48. The summed E-state index contributed by atoms with van der Waals surface area (Å²) in [5.41, 5.74) is 3.57. The molecule has 0 aliphatic heterocycles. The first kappa shape index (κ1) is 20.6. The first-order valence-electron chi connectivity index (χ1n) is 8.71. The molecule has 0 saturated heterocycles. The lowest BCUT2D eigenvalue weighted by Crippen LogP contribution is -2.22. The zero-order valence-electron chi connectivity index (χ0n) is 16.4. The normalized spacial score (nSPS) is 13.2. The van der Waals surface area contributed by atoms with Crippen LogP contribution in [0.3, 0.4) is 0 Å². The first-order valence-corrected chi connectivity index (χ1v) is 11.0. The van der Waals surface area contributed by atoms with Crippen molar-refractivity contribution >= 4 is 38.7 Å². The summed E-state index contributed by atoms with van der Waals surface area (Å²) in [5.74, 6) is 0.00401. The Balaban J connectivity index is 1.86. The van der Waals surface area contributed by atoms with Gasteiger partial charge in [0.05, 0.1) is 10.1 Å². The number of benzene rings is 2. The monoisotopic (exact) mass is 418 g/mol. The molecule has 1 atom stereocenters. The van der Waals surface area contributed by atoms with E-state index in [2.05, 4.69) is 4.98 Å². The number of aromatic nitrogens is 1. The van der Waals surface area contributed by atoms with Crippen LogP contribution in [0.2, 0.25) is 0 Å². The number of aryl methyl sites for hydroxylation is 2. The average molecular weight is 419 g/mol. The maximum Gasteiger partial charge on any atom is 0.257 e. The Kier molecular flexibility index (Phi) is 5.65. The predicted molar refractivity (Wildman–Crippen MR) is 110 cm³/mol. The predicted octanol–water partition coefficient (Wildman–Crippen LogP) is 4.06. The Bertz CT molecular complexity index is 1150. The van der Waals surface area contributed by atoms with Gasteiger partial charge in [-0.15, -0.1) is 0 Å². The van der Waals surface area contributed by atoms with Gasteiger partial charge < -0.3 is 4.42 Å². The number of fused-ring (bicyclic) bond motifs is 1. The van der Waals surface area contributed by atoms with Crippen LogP contribution in [-0.2, 0) is 10.0 Å². The summed E-state index contributed by atoms with van der Waals surface area (Å²) in [4.78, 5) is 17.3. The second kappa shape index (κ2) is 7.69. The van der Waals surface area contributed by atoms with E-state index in [1.165, 1.54) is 38.0 Å². The molecule has 3 rings (SSSR count). The van der Waals surface area contributed by atoms with Gasteiger partial charge in [0.15, 0.2) is 11.4 Å². The molecule has 2 aromatic carbocycles. The van der Waals surface area contributed by atoms with Gasteiger partial charge in [0.2, 0.25) is 10.0 Å². The Morgan fingerprint density at radius 1 is 1.14 bits per heavy atom. The highest BCUT2D eigenvalue weighted by Crippen LogP contribution is 2.30. The summed E-state index contributed by atoms with van der Waals surface area (Å²) in [6, 6.07) is 10.4. The number of hydrogen-bond donors (Lipinski definition) is 0. The minimum absolute atomic E-state index is 0.00401. The number of Topliss-reactive ketones (excluding diaryl/α,β-unsaturated/α-hetero) is 1. The summed E-state index contributed by atoms with van der Waals surface area (Å²) in [7, 11) is -0.597. The van der Waals surface area contributed by atoms with Crippen molar-refractivity contribution in [2.24, 2.45) is 0 Å². The average Bonchev–Trinajstić information content (AvgIpc) is 3.04. The molecule has 0 fully saturated rings. The highest BCUT2D eigenvalue weighted by molar-refractivity contribution is 8.00. The molecule has 148 valence electrons. The van der Waals surface area contributed by atoms with Crippen LogP contribution in [-0.4, -0.2) is 42.8 Å². The number of nitrogens with zero attached hydrogens (tertiary/aromatic N) is 2. The Labute approximate surface area is 169 Å². The molecule has 1 heterocycles. The van der Waals surface area contributed by atoms with Crippen molar-refractivity contribution < 1.29 is 17.6 Å². The first-order chi connectivity index (χ1) is 13.1. The maximum absolute atomic E-state index is 12.8. The van der Waals surface area contributed by atoms with Crippen molar-refractivity contribution in [1.82, 2.24) is 9.29 Å². The lowest BCUT2D eigenvalue weighted by atomic mass is 10.0. The van der Waals surface area contributed by atoms with Crippen molar-refractivity contribution in [3.05, 3.63) is 53.1 Å². The molecule has 0 amide bonds. The molecular weight excluding hydrogens is 396 g/mol. The molecule has 6 nitrogen and oxygen atoms in total. The molecule has 3 aromatic rings. The van der Waals surface area contributed by atoms with Gasteiger partial charge in [-0.25, -0.2) is 17.7 Å². The van der Waals surface area contributed by atoms with Crippen LogP contribution in [0.4, 0.5) is 0 Å². The van der Waals surface area contributed by atoms with E-state index in [-0.39, 0.29) is 10.7 Å². The minimum atomic E-state index is -3.55. The number of hydrogen-bond acceptors (Lipinski definition) is 6.